The number of halogens is 1. The minimum atomic E-state index is -0.571. The highest BCUT2D eigenvalue weighted by atomic mass is 19.1. The van der Waals surface area contributed by atoms with Gasteiger partial charge in [-0.25, -0.2) is 4.39 Å². The van der Waals surface area contributed by atoms with Crippen molar-refractivity contribution in [2.45, 2.75) is 6.54 Å². The average molecular weight is 373 g/mol. The second kappa shape index (κ2) is 8.13. The number of piperazine rings is 1. The molecule has 27 heavy (non-hydrogen) atoms. The van der Waals surface area contributed by atoms with E-state index in [1.54, 1.807) is 29.2 Å². The molecule has 0 spiro atoms. The summed E-state index contributed by atoms with van der Waals surface area (Å²) in [5.41, 5.74) is 1.03. The minimum absolute atomic E-state index is 0.0980. The number of nitro groups is 1. The second-order valence-electron chi connectivity index (χ2n) is 6.30. The molecule has 3 rings (SSSR count). The van der Waals surface area contributed by atoms with Crippen LogP contribution in [-0.2, 0) is 6.54 Å². The molecule has 142 valence electrons. The van der Waals surface area contributed by atoms with Crippen molar-refractivity contribution in [2.75, 3.05) is 33.3 Å². The van der Waals surface area contributed by atoms with Crippen molar-refractivity contribution in [2.24, 2.45) is 0 Å². The molecule has 2 aromatic carbocycles. The summed E-state index contributed by atoms with van der Waals surface area (Å²) in [5, 5.41) is 11.1. The van der Waals surface area contributed by atoms with Crippen molar-refractivity contribution in [3.8, 4) is 5.75 Å². The number of rotatable bonds is 5. The summed E-state index contributed by atoms with van der Waals surface area (Å²) >= 11 is 0. The zero-order chi connectivity index (χ0) is 19.4. The number of methoxy groups -OCH3 is 1. The van der Waals surface area contributed by atoms with Gasteiger partial charge in [0.25, 0.3) is 11.6 Å². The van der Waals surface area contributed by atoms with E-state index in [1.165, 1.54) is 25.3 Å². The Labute approximate surface area is 156 Å². The lowest BCUT2D eigenvalue weighted by molar-refractivity contribution is -0.385. The molecule has 1 heterocycles. The van der Waals surface area contributed by atoms with Gasteiger partial charge in [-0.1, -0.05) is 18.2 Å². The Morgan fingerprint density at radius 1 is 1.19 bits per heavy atom. The van der Waals surface area contributed by atoms with Crippen molar-refractivity contribution in [3.05, 3.63) is 69.5 Å². The summed E-state index contributed by atoms with van der Waals surface area (Å²) < 4.78 is 18.7. The van der Waals surface area contributed by atoms with Gasteiger partial charge in [-0.2, -0.15) is 0 Å². The standard InChI is InChI=1S/C19H20FN3O4/c1-27-18-7-6-14(12-16(18)20)19(24)22-10-8-21(9-11-22)13-15-4-2-3-5-17(15)23(25)26/h2-7,12H,8-11,13H2,1H3. The van der Waals surface area contributed by atoms with Crippen LogP contribution in [0.4, 0.5) is 10.1 Å². The largest absolute Gasteiger partial charge is 0.494 e. The number of nitrogens with zero attached hydrogens (tertiary/aromatic N) is 3. The Balaban J connectivity index is 1.61. The first kappa shape index (κ1) is 18.8. The molecule has 1 amide bonds. The Hall–Kier alpha value is -3.00. The highest BCUT2D eigenvalue weighted by Crippen LogP contribution is 2.22. The van der Waals surface area contributed by atoms with Gasteiger partial charge in [-0.05, 0) is 18.2 Å². The van der Waals surface area contributed by atoms with Gasteiger partial charge in [-0.15, -0.1) is 0 Å². The van der Waals surface area contributed by atoms with E-state index >= 15 is 0 Å². The van der Waals surface area contributed by atoms with E-state index in [0.717, 1.165) is 0 Å². The Morgan fingerprint density at radius 2 is 1.89 bits per heavy atom. The van der Waals surface area contributed by atoms with E-state index in [1.807, 2.05) is 0 Å². The van der Waals surface area contributed by atoms with Crippen LogP contribution in [0.5, 0.6) is 5.75 Å². The molecule has 0 aliphatic carbocycles. The van der Waals surface area contributed by atoms with Crippen LogP contribution in [0.25, 0.3) is 0 Å². The number of hydrogen-bond donors (Lipinski definition) is 0. The highest BCUT2D eigenvalue weighted by molar-refractivity contribution is 5.94. The average Bonchev–Trinajstić information content (AvgIpc) is 2.68. The van der Waals surface area contributed by atoms with Crippen LogP contribution >= 0.6 is 0 Å². The molecule has 7 nitrogen and oxygen atoms in total. The summed E-state index contributed by atoms with van der Waals surface area (Å²) in [4.78, 5) is 27.1. The van der Waals surface area contributed by atoms with Crippen LogP contribution in [0.1, 0.15) is 15.9 Å². The van der Waals surface area contributed by atoms with Gasteiger partial charge in [-0.3, -0.25) is 19.8 Å². The van der Waals surface area contributed by atoms with Crippen molar-refractivity contribution in [3.63, 3.8) is 0 Å². The lowest BCUT2D eigenvalue weighted by Crippen LogP contribution is -2.48. The maximum atomic E-state index is 13.8. The fraction of sp³-hybridized carbons (Fsp3) is 0.316. The lowest BCUT2D eigenvalue weighted by Gasteiger charge is -2.34. The molecular formula is C19H20FN3O4. The normalized spacial score (nSPS) is 14.8. The minimum Gasteiger partial charge on any atom is -0.494 e. The van der Waals surface area contributed by atoms with Crippen LogP contribution in [0.3, 0.4) is 0 Å². The zero-order valence-electron chi connectivity index (χ0n) is 14.9. The molecule has 1 saturated heterocycles. The van der Waals surface area contributed by atoms with Crippen LogP contribution in [0.15, 0.2) is 42.5 Å². The van der Waals surface area contributed by atoms with Gasteiger partial charge < -0.3 is 9.64 Å². The number of amides is 1. The van der Waals surface area contributed by atoms with Crippen LogP contribution in [0.2, 0.25) is 0 Å². The fourth-order valence-corrected chi connectivity index (χ4v) is 3.15. The number of ether oxygens (including phenoxy) is 1. The summed E-state index contributed by atoms with van der Waals surface area (Å²) in [6.07, 6.45) is 0. The van der Waals surface area contributed by atoms with Crippen molar-refractivity contribution in [1.29, 1.82) is 0 Å². The topological polar surface area (TPSA) is 75.9 Å². The number of carbonyl (C=O) groups excluding carboxylic acids is 1. The van der Waals surface area contributed by atoms with Crippen LogP contribution < -0.4 is 4.74 Å². The smallest absolute Gasteiger partial charge is 0.273 e. The van der Waals surface area contributed by atoms with Gasteiger partial charge in [0.1, 0.15) is 0 Å². The third-order valence-electron chi connectivity index (χ3n) is 4.64. The molecule has 1 aliphatic heterocycles. The van der Waals surface area contributed by atoms with E-state index in [2.05, 4.69) is 4.90 Å². The molecule has 0 aromatic heterocycles. The number of para-hydroxylation sites is 1. The fourth-order valence-electron chi connectivity index (χ4n) is 3.15. The maximum Gasteiger partial charge on any atom is 0.273 e. The molecule has 0 saturated carbocycles. The molecular weight excluding hydrogens is 353 g/mol. The maximum absolute atomic E-state index is 13.8. The van der Waals surface area contributed by atoms with E-state index < -0.39 is 5.82 Å². The molecule has 0 bridgehead atoms. The van der Waals surface area contributed by atoms with Gasteiger partial charge in [0, 0.05) is 49.9 Å². The quantitative estimate of drug-likeness (QED) is 0.595. The second-order valence-corrected chi connectivity index (χ2v) is 6.30. The number of nitro benzene ring substituents is 1. The molecule has 8 heteroatoms. The number of carbonyl (C=O) groups is 1. The van der Waals surface area contributed by atoms with Crippen LogP contribution in [-0.4, -0.2) is 53.9 Å². The first-order valence-electron chi connectivity index (χ1n) is 8.57. The Morgan fingerprint density at radius 3 is 2.52 bits per heavy atom. The lowest BCUT2D eigenvalue weighted by atomic mass is 10.1. The number of hydrogen-bond acceptors (Lipinski definition) is 5. The summed E-state index contributed by atoms with van der Waals surface area (Å²) in [5.74, 6) is -0.707. The van der Waals surface area contributed by atoms with Gasteiger partial charge in [0.2, 0.25) is 0 Å². The van der Waals surface area contributed by atoms with E-state index in [4.69, 9.17) is 4.74 Å². The summed E-state index contributed by atoms with van der Waals surface area (Å²) in [6, 6.07) is 10.8. The van der Waals surface area contributed by atoms with Crippen LogP contribution in [0, 0.1) is 15.9 Å². The molecule has 0 unspecified atom stereocenters. The first-order chi connectivity index (χ1) is 13.0. The first-order valence-corrected chi connectivity index (χ1v) is 8.57. The Bertz CT molecular complexity index is 851. The van der Waals surface area contributed by atoms with E-state index in [-0.39, 0.29) is 27.8 Å². The monoisotopic (exact) mass is 373 g/mol. The molecule has 0 N–H and O–H groups in total. The van der Waals surface area contributed by atoms with Gasteiger partial charge in [0.15, 0.2) is 11.6 Å². The third kappa shape index (κ3) is 4.22. The molecule has 2 aromatic rings. The zero-order valence-corrected chi connectivity index (χ0v) is 14.9. The highest BCUT2D eigenvalue weighted by Gasteiger charge is 2.24. The summed E-state index contributed by atoms with van der Waals surface area (Å²) in [7, 11) is 1.37. The molecule has 1 fully saturated rings. The third-order valence-corrected chi connectivity index (χ3v) is 4.64. The van der Waals surface area contributed by atoms with E-state index in [9.17, 15) is 19.3 Å². The van der Waals surface area contributed by atoms with Crippen molar-refractivity contribution >= 4 is 11.6 Å². The molecule has 0 atom stereocenters. The molecule has 0 radical (unpaired) electrons. The predicted molar refractivity (Wildman–Crippen MR) is 97.2 cm³/mol. The van der Waals surface area contributed by atoms with Gasteiger partial charge >= 0.3 is 0 Å². The SMILES string of the molecule is COc1ccc(C(=O)N2CCN(Cc3ccccc3[N+](=O)[O-])CC2)cc1F. The molecule has 1 aliphatic rings. The van der Waals surface area contributed by atoms with E-state index in [0.29, 0.717) is 38.3 Å². The van der Waals surface area contributed by atoms with Crippen molar-refractivity contribution < 1.29 is 18.8 Å². The Kier molecular flexibility index (Phi) is 5.66. The van der Waals surface area contributed by atoms with Gasteiger partial charge in [0.05, 0.1) is 12.0 Å². The predicted octanol–water partition coefficient (Wildman–Crippen LogP) is 2.70. The van der Waals surface area contributed by atoms with Crippen molar-refractivity contribution in [1.82, 2.24) is 9.80 Å². The summed E-state index contributed by atoms with van der Waals surface area (Å²) in [6.45, 7) is 2.60. The number of benzene rings is 2.